The molecule has 2 atom stereocenters. The van der Waals surface area contributed by atoms with E-state index in [1.165, 1.54) is 12.1 Å². The largest absolute Gasteiger partial charge is 0.418 e. The Morgan fingerprint density at radius 2 is 2.00 bits per heavy atom. The van der Waals surface area contributed by atoms with Crippen molar-refractivity contribution in [1.82, 2.24) is 5.32 Å². The molecular formula is C12H17F3N2O. The van der Waals surface area contributed by atoms with E-state index < -0.39 is 23.5 Å². The number of para-hydroxylation sites is 1. The molecule has 0 aromatic heterocycles. The molecule has 0 bridgehead atoms. The van der Waals surface area contributed by atoms with Crippen molar-refractivity contribution in [2.45, 2.75) is 31.7 Å². The van der Waals surface area contributed by atoms with Gasteiger partial charge in [-0.25, -0.2) is 0 Å². The van der Waals surface area contributed by atoms with Crippen LogP contribution in [0.4, 0.5) is 18.9 Å². The topological polar surface area (TPSA) is 58.3 Å². The Morgan fingerprint density at radius 1 is 1.39 bits per heavy atom. The molecule has 0 amide bonds. The van der Waals surface area contributed by atoms with Crippen LogP contribution in [0.15, 0.2) is 18.2 Å². The first-order valence-electron chi connectivity index (χ1n) is 5.58. The third-order valence-corrected chi connectivity index (χ3v) is 2.87. The van der Waals surface area contributed by atoms with Crippen molar-refractivity contribution in [1.29, 1.82) is 0 Å². The first-order valence-corrected chi connectivity index (χ1v) is 5.58. The summed E-state index contributed by atoms with van der Waals surface area (Å²) in [4.78, 5) is 0. The van der Waals surface area contributed by atoms with Crippen molar-refractivity contribution in [2.75, 3.05) is 12.8 Å². The summed E-state index contributed by atoms with van der Waals surface area (Å²) in [6.45, 7) is 1.83. The summed E-state index contributed by atoms with van der Waals surface area (Å²) < 4.78 is 37.9. The number of nitrogen functional groups attached to an aromatic ring is 1. The molecule has 0 aliphatic rings. The number of aliphatic hydroxyl groups excluding tert-OH is 1. The van der Waals surface area contributed by atoms with Gasteiger partial charge in [0, 0.05) is 17.3 Å². The van der Waals surface area contributed by atoms with Crippen LogP contribution in [0.5, 0.6) is 0 Å². The average molecular weight is 262 g/mol. The lowest BCUT2D eigenvalue weighted by atomic mass is 9.98. The fourth-order valence-electron chi connectivity index (χ4n) is 1.70. The molecule has 0 aliphatic heterocycles. The summed E-state index contributed by atoms with van der Waals surface area (Å²) >= 11 is 0. The van der Waals surface area contributed by atoms with Gasteiger partial charge in [0.15, 0.2) is 0 Å². The molecule has 0 saturated carbocycles. The molecule has 1 rings (SSSR count). The van der Waals surface area contributed by atoms with Gasteiger partial charge in [-0.15, -0.1) is 0 Å². The third-order valence-electron chi connectivity index (χ3n) is 2.87. The fourth-order valence-corrected chi connectivity index (χ4v) is 1.70. The number of hydrogen-bond acceptors (Lipinski definition) is 3. The molecule has 6 heteroatoms. The summed E-state index contributed by atoms with van der Waals surface area (Å²) in [6, 6.07) is 3.56. The standard InChI is InChI=1S/C12H17F3N2O/c1-7(17-2)6-10(18)8-4-3-5-9(11(8)16)12(13,14)15/h3-5,7,10,17-18H,6,16H2,1-2H3. The second kappa shape index (κ2) is 5.58. The summed E-state index contributed by atoms with van der Waals surface area (Å²) in [6.07, 6.45) is -5.23. The lowest BCUT2D eigenvalue weighted by molar-refractivity contribution is -0.137. The van der Waals surface area contributed by atoms with Gasteiger partial charge < -0.3 is 16.2 Å². The van der Waals surface area contributed by atoms with Gasteiger partial charge in [0.2, 0.25) is 0 Å². The van der Waals surface area contributed by atoms with Crippen molar-refractivity contribution in [3.63, 3.8) is 0 Å². The molecule has 0 radical (unpaired) electrons. The molecule has 0 saturated heterocycles. The van der Waals surface area contributed by atoms with Crippen LogP contribution < -0.4 is 11.1 Å². The van der Waals surface area contributed by atoms with Crippen LogP contribution in [0.25, 0.3) is 0 Å². The number of rotatable bonds is 4. The van der Waals surface area contributed by atoms with E-state index in [1.54, 1.807) is 7.05 Å². The van der Waals surface area contributed by atoms with Crippen LogP contribution in [-0.2, 0) is 6.18 Å². The van der Waals surface area contributed by atoms with E-state index in [2.05, 4.69) is 5.32 Å². The van der Waals surface area contributed by atoms with Crippen LogP contribution in [0, 0.1) is 0 Å². The zero-order valence-corrected chi connectivity index (χ0v) is 10.3. The number of anilines is 1. The maximum absolute atomic E-state index is 12.6. The van der Waals surface area contributed by atoms with Crippen LogP contribution in [0.3, 0.4) is 0 Å². The molecule has 0 heterocycles. The van der Waals surface area contributed by atoms with Crippen molar-refractivity contribution >= 4 is 5.69 Å². The number of halogens is 3. The van der Waals surface area contributed by atoms with Gasteiger partial charge in [0.1, 0.15) is 0 Å². The zero-order valence-electron chi connectivity index (χ0n) is 10.3. The normalized spacial score (nSPS) is 15.4. The number of alkyl halides is 3. The molecule has 2 unspecified atom stereocenters. The molecule has 1 aromatic carbocycles. The third kappa shape index (κ3) is 3.36. The van der Waals surface area contributed by atoms with Crippen molar-refractivity contribution in [2.24, 2.45) is 0 Å². The van der Waals surface area contributed by atoms with Gasteiger partial charge in [-0.3, -0.25) is 0 Å². The number of hydrogen-bond donors (Lipinski definition) is 3. The predicted molar refractivity (Wildman–Crippen MR) is 64.0 cm³/mol. The zero-order chi connectivity index (χ0) is 13.9. The van der Waals surface area contributed by atoms with Crippen molar-refractivity contribution < 1.29 is 18.3 Å². The highest BCUT2D eigenvalue weighted by Crippen LogP contribution is 2.37. The quantitative estimate of drug-likeness (QED) is 0.730. The second-order valence-electron chi connectivity index (χ2n) is 4.25. The van der Waals surface area contributed by atoms with Crippen LogP contribution in [-0.4, -0.2) is 18.2 Å². The maximum atomic E-state index is 12.6. The minimum atomic E-state index is -4.51. The number of nitrogens with one attached hydrogen (secondary N) is 1. The summed E-state index contributed by atoms with van der Waals surface area (Å²) in [5.74, 6) is 0. The molecule has 102 valence electrons. The Labute approximate surface area is 104 Å². The summed E-state index contributed by atoms with van der Waals surface area (Å²) in [7, 11) is 1.72. The number of benzene rings is 1. The lowest BCUT2D eigenvalue weighted by Gasteiger charge is -2.20. The van der Waals surface area contributed by atoms with Gasteiger partial charge in [-0.2, -0.15) is 13.2 Å². The van der Waals surface area contributed by atoms with Gasteiger partial charge in [0.25, 0.3) is 0 Å². The summed E-state index contributed by atoms with van der Waals surface area (Å²) in [5.41, 5.74) is 4.30. The molecule has 18 heavy (non-hydrogen) atoms. The van der Waals surface area contributed by atoms with E-state index in [0.717, 1.165) is 6.07 Å². The first kappa shape index (κ1) is 14.8. The molecule has 3 nitrogen and oxygen atoms in total. The Hall–Kier alpha value is -1.27. The molecule has 0 fully saturated rings. The van der Waals surface area contributed by atoms with E-state index >= 15 is 0 Å². The Morgan fingerprint density at radius 3 is 2.50 bits per heavy atom. The van der Waals surface area contributed by atoms with E-state index in [9.17, 15) is 18.3 Å². The lowest BCUT2D eigenvalue weighted by Crippen LogP contribution is -2.24. The highest BCUT2D eigenvalue weighted by Gasteiger charge is 2.34. The SMILES string of the molecule is CNC(C)CC(O)c1cccc(C(F)(F)F)c1N. The maximum Gasteiger partial charge on any atom is 0.418 e. The van der Waals surface area contributed by atoms with Crippen LogP contribution in [0.1, 0.15) is 30.6 Å². The molecular weight excluding hydrogens is 245 g/mol. The molecule has 1 aromatic rings. The Bertz CT molecular complexity index is 407. The van der Waals surface area contributed by atoms with Gasteiger partial charge >= 0.3 is 6.18 Å². The van der Waals surface area contributed by atoms with Gasteiger partial charge in [0.05, 0.1) is 11.7 Å². The molecule has 0 spiro atoms. The van der Waals surface area contributed by atoms with E-state index in [-0.39, 0.29) is 11.6 Å². The predicted octanol–water partition coefficient (Wildman–Crippen LogP) is 2.32. The van der Waals surface area contributed by atoms with Crippen LogP contribution in [0.2, 0.25) is 0 Å². The van der Waals surface area contributed by atoms with E-state index in [4.69, 9.17) is 5.73 Å². The van der Waals surface area contributed by atoms with Crippen molar-refractivity contribution in [3.8, 4) is 0 Å². The second-order valence-corrected chi connectivity index (χ2v) is 4.25. The highest BCUT2D eigenvalue weighted by atomic mass is 19.4. The Balaban J connectivity index is 3.04. The molecule has 0 aliphatic carbocycles. The van der Waals surface area contributed by atoms with Gasteiger partial charge in [-0.1, -0.05) is 12.1 Å². The van der Waals surface area contributed by atoms with Crippen LogP contribution >= 0.6 is 0 Å². The number of nitrogens with two attached hydrogens (primary N) is 1. The van der Waals surface area contributed by atoms with Gasteiger partial charge in [-0.05, 0) is 26.5 Å². The monoisotopic (exact) mass is 262 g/mol. The smallest absolute Gasteiger partial charge is 0.398 e. The highest BCUT2D eigenvalue weighted by molar-refractivity contribution is 5.56. The molecule has 4 N–H and O–H groups in total. The average Bonchev–Trinajstić information content (AvgIpc) is 2.27. The fraction of sp³-hybridized carbons (Fsp3) is 0.500. The Kier molecular flexibility index (Phi) is 4.59. The number of aliphatic hydroxyl groups is 1. The van der Waals surface area contributed by atoms with Crippen molar-refractivity contribution in [3.05, 3.63) is 29.3 Å². The minimum Gasteiger partial charge on any atom is -0.398 e. The minimum absolute atomic E-state index is 0.0195. The van der Waals surface area contributed by atoms with E-state index in [0.29, 0.717) is 6.42 Å². The van der Waals surface area contributed by atoms with E-state index in [1.807, 2.05) is 6.92 Å². The first-order chi connectivity index (χ1) is 8.27. The summed E-state index contributed by atoms with van der Waals surface area (Å²) in [5, 5.41) is 12.8.